The first kappa shape index (κ1) is 10.5. The molecule has 2 amide bonds. The third-order valence-electron chi connectivity index (χ3n) is 2.57. The number of hydrogen-bond acceptors (Lipinski definition) is 2. The van der Waals surface area contributed by atoms with E-state index in [1.807, 2.05) is 30.3 Å². The minimum absolute atomic E-state index is 0.396. The molecule has 0 aromatic heterocycles. The van der Waals surface area contributed by atoms with Gasteiger partial charge in [0.15, 0.2) is 0 Å². The van der Waals surface area contributed by atoms with E-state index in [1.54, 1.807) is 0 Å². The van der Waals surface area contributed by atoms with Crippen LogP contribution in [0.5, 0.6) is 0 Å². The lowest BCUT2D eigenvalue weighted by Gasteiger charge is -2.14. The van der Waals surface area contributed by atoms with E-state index in [0.29, 0.717) is 6.42 Å². The van der Waals surface area contributed by atoms with Gasteiger partial charge in [0.2, 0.25) is 0 Å². The minimum Gasteiger partial charge on any atom is -0.480 e. The van der Waals surface area contributed by atoms with Crippen molar-refractivity contribution in [2.45, 2.75) is 18.5 Å². The summed E-state index contributed by atoms with van der Waals surface area (Å²) in [5, 5.41) is 13.9. The SMILES string of the molecule is O=C1N[C@H](C(=O)O)[C@@H](Cc2ccccc2)N1. The van der Waals surface area contributed by atoms with Crippen LogP contribution >= 0.6 is 0 Å². The average Bonchev–Trinajstić information content (AvgIpc) is 2.61. The fourth-order valence-corrected chi connectivity index (χ4v) is 1.81. The van der Waals surface area contributed by atoms with Crippen molar-refractivity contribution in [1.29, 1.82) is 0 Å². The molecule has 1 fully saturated rings. The minimum atomic E-state index is -1.01. The number of aliphatic carboxylic acids is 1. The standard InChI is InChI=1S/C11H12N2O3/c14-10(15)9-8(12-11(16)13-9)6-7-4-2-1-3-5-7/h1-5,8-9H,6H2,(H,14,15)(H2,12,13,16)/t8-,9+/m1/s1. The van der Waals surface area contributed by atoms with Gasteiger partial charge in [-0.2, -0.15) is 0 Å². The summed E-state index contributed by atoms with van der Waals surface area (Å²) in [5.41, 5.74) is 1.00. The average molecular weight is 220 g/mol. The molecule has 1 aliphatic rings. The number of rotatable bonds is 3. The van der Waals surface area contributed by atoms with E-state index >= 15 is 0 Å². The zero-order chi connectivity index (χ0) is 11.5. The van der Waals surface area contributed by atoms with Gasteiger partial charge in [0, 0.05) is 0 Å². The molecule has 0 bridgehead atoms. The predicted molar refractivity (Wildman–Crippen MR) is 57.0 cm³/mol. The van der Waals surface area contributed by atoms with Crippen LogP contribution in [0.2, 0.25) is 0 Å². The van der Waals surface area contributed by atoms with E-state index in [2.05, 4.69) is 10.6 Å². The van der Waals surface area contributed by atoms with Crippen LogP contribution in [-0.2, 0) is 11.2 Å². The molecule has 1 saturated heterocycles. The fourth-order valence-electron chi connectivity index (χ4n) is 1.81. The van der Waals surface area contributed by atoms with E-state index in [9.17, 15) is 9.59 Å². The maximum Gasteiger partial charge on any atom is 0.328 e. The molecule has 1 heterocycles. The summed E-state index contributed by atoms with van der Waals surface area (Å²) in [6, 6.07) is 7.80. The van der Waals surface area contributed by atoms with Gasteiger partial charge in [-0.1, -0.05) is 30.3 Å². The number of amides is 2. The quantitative estimate of drug-likeness (QED) is 0.688. The van der Waals surface area contributed by atoms with Crippen molar-refractivity contribution >= 4 is 12.0 Å². The molecular formula is C11H12N2O3. The second-order valence-corrected chi connectivity index (χ2v) is 3.73. The lowest BCUT2D eigenvalue weighted by atomic mass is 10.0. The zero-order valence-corrected chi connectivity index (χ0v) is 8.51. The lowest BCUT2D eigenvalue weighted by Crippen LogP contribution is -2.41. The molecule has 0 spiro atoms. The Morgan fingerprint density at radius 2 is 1.94 bits per heavy atom. The highest BCUT2D eigenvalue weighted by molar-refractivity contribution is 5.87. The van der Waals surface area contributed by atoms with E-state index in [0.717, 1.165) is 5.56 Å². The molecule has 0 radical (unpaired) electrons. The molecule has 5 nitrogen and oxygen atoms in total. The lowest BCUT2D eigenvalue weighted by molar-refractivity contribution is -0.139. The maximum absolute atomic E-state index is 11.1. The van der Waals surface area contributed by atoms with Crippen molar-refractivity contribution in [2.75, 3.05) is 0 Å². The molecule has 2 atom stereocenters. The van der Waals surface area contributed by atoms with E-state index in [-0.39, 0.29) is 0 Å². The highest BCUT2D eigenvalue weighted by Gasteiger charge is 2.36. The monoisotopic (exact) mass is 220 g/mol. The Morgan fingerprint density at radius 3 is 2.56 bits per heavy atom. The first-order valence-electron chi connectivity index (χ1n) is 5.00. The molecule has 0 saturated carbocycles. The van der Waals surface area contributed by atoms with Gasteiger partial charge in [0.1, 0.15) is 6.04 Å². The Labute approximate surface area is 92.5 Å². The molecule has 0 aliphatic carbocycles. The molecule has 5 heteroatoms. The molecule has 1 aromatic rings. The summed E-state index contributed by atoms with van der Waals surface area (Å²) < 4.78 is 0. The van der Waals surface area contributed by atoms with Gasteiger partial charge in [-0.25, -0.2) is 9.59 Å². The summed E-state index contributed by atoms with van der Waals surface area (Å²) >= 11 is 0. The third-order valence-corrected chi connectivity index (χ3v) is 2.57. The molecule has 16 heavy (non-hydrogen) atoms. The molecule has 1 aliphatic heterocycles. The third kappa shape index (κ3) is 2.13. The van der Waals surface area contributed by atoms with Gasteiger partial charge >= 0.3 is 12.0 Å². The summed E-state index contributed by atoms with van der Waals surface area (Å²) in [5.74, 6) is -1.01. The number of carboxylic acids is 1. The Balaban J connectivity index is 2.09. The normalized spacial score (nSPS) is 23.6. The van der Waals surface area contributed by atoms with Gasteiger partial charge in [-0.3, -0.25) is 0 Å². The van der Waals surface area contributed by atoms with E-state index in [4.69, 9.17) is 5.11 Å². The maximum atomic E-state index is 11.1. The molecule has 84 valence electrons. The molecule has 1 aromatic carbocycles. The summed E-state index contributed by atoms with van der Waals surface area (Å²) in [4.78, 5) is 22.0. The van der Waals surface area contributed by atoms with Crippen LogP contribution in [0, 0.1) is 0 Å². The van der Waals surface area contributed by atoms with Crippen molar-refractivity contribution in [3.8, 4) is 0 Å². The van der Waals surface area contributed by atoms with Crippen molar-refractivity contribution in [3.05, 3.63) is 35.9 Å². The van der Waals surface area contributed by atoms with Crippen LogP contribution in [0.4, 0.5) is 4.79 Å². The summed E-state index contributed by atoms with van der Waals surface area (Å²) in [6.45, 7) is 0. The van der Waals surface area contributed by atoms with Gasteiger partial charge in [0.25, 0.3) is 0 Å². The Morgan fingerprint density at radius 1 is 1.25 bits per heavy atom. The van der Waals surface area contributed by atoms with Gasteiger partial charge in [-0.05, 0) is 12.0 Å². The predicted octanol–water partition coefficient (Wildman–Crippen LogP) is 0.364. The number of benzene rings is 1. The van der Waals surface area contributed by atoms with Crippen LogP contribution in [-0.4, -0.2) is 29.2 Å². The molecule has 2 rings (SSSR count). The highest BCUT2D eigenvalue weighted by atomic mass is 16.4. The number of urea groups is 1. The number of carbonyl (C=O) groups excluding carboxylic acids is 1. The van der Waals surface area contributed by atoms with Gasteiger partial charge in [-0.15, -0.1) is 0 Å². The van der Waals surface area contributed by atoms with Crippen molar-refractivity contribution in [1.82, 2.24) is 10.6 Å². The van der Waals surface area contributed by atoms with Crippen molar-refractivity contribution in [3.63, 3.8) is 0 Å². The van der Waals surface area contributed by atoms with Gasteiger partial charge in [0.05, 0.1) is 6.04 Å². The van der Waals surface area contributed by atoms with Crippen LogP contribution in [0.25, 0.3) is 0 Å². The second kappa shape index (κ2) is 4.22. The zero-order valence-electron chi connectivity index (χ0n) is 8.51. The number of carbonyl (C=O) groups is 2. The number of nitrogens with one attached hydrogen (secondary N) is 2. The first-order chi connectivity index (χ1) is 7.66. The van der Waals surface area contributed by atoms with Crippen LogP contribution < -0.4 is 10.6 Å². The second-order valence-electron chi connectivity index (χ2n) is 3.73. The Bertz CT molecular complexity index is 405. The highest BCUT2D eigenvalue weighted by Crippen LogP contribution is 2.10. The largest absolute Gasteiger partial charge is 0.480 e. The van der Waals surface area contributed by atoms with Gasteiger partial charge < -0.3 is 15.7 Å². The number of hydrogen-bond donors (Lipinski definition) is 3. The number of carboxylic acid groups (broad SMARTS) is 1. The van der Waals surface area contributed by atoms with Crippen LogP contribution in [0.3, 0.4) is 0 Å². The topological polar surface area (TPSA) is 78.4 Å². The summed E-state index contributed by atoms with van der Waals surface area (Å²) in [7, 11) is 0. The summed E-state index contributed by atoms with van der Waals surface area (Å²) in [6.07, 6.45) is 0.510. The van der Waals surface area contributed by atoms with Crippen LogP contribution in [0.15, 0.2) is 30.3 Å². The Hall–Kier alpha value is -2.04. The Kier molecular flexibility index (Phi) is 2.76. The molecule has 0 unspecified atom stereocenters. The van der Waals surface area contributed by atoms with E-state index < -0.39 is 24.1 Å². The molecular weight excluding hydrogens is 208 g/mol. The smallest absolute Gasteiger partial charge is 0.328 e. The first-order valence-corrected chi connectivity index (χ1v) is 5.00. The van der Waals surface area contributed by atoms with E-state index in [1.165, 1.54) is 0 Å². The van der Waals surface area contributed by atoms with Crippen molar-refractivity contribution < 1.29 is 14.7 Å². The van der Waals surface area contributed by atoms with Crippen LogP contribution in [0.1, 0.15) is 5.56 Å². The fraction of sp³-hybridized carbons (Fsp3) is 0.273. The molecule has 3 N–H and O–H groups in total. The van der Waals surface area contributed by atoms with Crippen molar-refractivity contribution in [2.24, 2.45) is 0 Å².